The molecule has 4 aromatic carbocycles. The van der Waals surface area contributed by atoms with E-state index in [0.29, 0.717) is 27.4 Å². The van der Waals surface area contributed by atoms with Gasteiger partial charge in [0.25, 0.3) is 5.91 Å². The number of esters is 1. The monoisotopic (exact) mass is 497 g/mol. The number of ether oxygens (including phenoxy) is 1. The molecular formula is C30H21ClFNO3. The fraction of sp³-hybridized carbons (Fsp3) is 0.0667. The zero-order chi connectivity index (χ0) is 25.2. The van der Waals surface area contributed by atoms with E-state index in [9.17, 15) is 14.0 Å². The Kier molecular flexibility index (Phi) is 6.40. The molecule has 0 atom stereocenters. The minimum atomic E-state index is -0.467. The molecule has 0 aromatic heterocycles. The Balaban J connectivity index is 1.69. The fourth-order valence-electron chi connectivity index (χ4n) is 4.47. The minimum absolute atomic E-state index is 0.159. The molecule has 1 aliphatic rings. The lowest BCUT2D eigenvalue weighted by Gasteiger charge is -2.18. The van der Waals surface area contributed by atoms with Crippen LogP contribution in [0, 0.1) is 5.82 Å². The van der Waals surface area contributed by atoms with Gasteiger partial charge >= 0.3 is 5.97 Å². The number of anilines is 1. The van der Waals surface area contributed by atoms with Gasteiger partial charge in [0.15, 0.2) is 0 Å². The van der Waals surface area contributed by atoms with E-state index < -0.39 is 11.8 Å². The van der Waals surface area contributed by atoms with Crippen LogP contribution in [0.3, 0.4) is 0 Å². The number of carbonyl (C=O) groups is 2. The Labute approximate surface area is 213 Å². The lowest BCUT2D eigenvalue weighted by atomic mass is 9.90. The molecule has 36 heavy (non-hydrogen) atoms. The topological polar surface area (TPSA) is 46.6 Å². The zero-order valence-electron chi connectivity index (χ0n) is 19.4. The van der Waals surface area contributed by atoms with Crippen molar-refractivity contribution in [1.29, 1.82) is 0 Å². The Morgan fingerprint density at radius 3 is 2.28 bits per heavy atom. The van der Waals surface area contributed by atoms with Crippen LogP contribution in [0.25, 0.3) is 11.1 Å². The van der Waals surface area contributed by atoms with Gasteiger partial charge < -0.3 is 9.64 Å². The summed E-state index contributed by atoms with van der Waals surface area (Å²) in [6.07, 6.45) is 0. The van der Waals surface area contributed by atoms with Crippen molar-refractivity contribution in [3.8, 4) is 0 Å². The SMILES string of the molecule is COC(=O)c1cccc(CN2C(=O)C(=C(c3ccccc3)c3ccc(Cl)cc3)c3ccc(F)cc32)c1. The third-order valence-electron chi connectivity index (χ3n) is 6.11. The Bertz CT molecular complexity index is 1500. The van der Waals surface area contributed by atoms with Crippen LogP contribution in [0.1, 0.15) is 32.6 Å². The standard InChI is InChI=1S/C30H21ClFNO3/c1-36-30(35)22-9-5-6-19(16-22)18-33-26-17-24(32)14-15-25(26)28(29(33)34)27(20-7-3-2-4-8-20)21-10-12-23(31)13-11-21/h2-17H,18H2,1H3. The molecule has 0 unspecified atom stereocenters. The first-order valence-electron chi connectivity index (χ1n) is 11.3. The molecule has 178 valence electrons. The van der Waals surface area contributed by atoms with E-state index in [1.54, 1.807) is 41.3 Å². The summed E-state index contributed by atoms with van der Waals surface area (Å²) in [5.74, 6) is -1.16. The quantitative estimate of drug-likeness (QED) is 0.226. The van der Waals surface area contributed by atoms with E-state index >= 15 is 0 Å². The van der Waals surface area contributed by atoms with Crippen molar-refractivity contribution in [2.75, 3.05) is 12.0 Å². The molecule has 0 N–H and O–H groups in total. The van der Waals surface area contributed by atoms with Crippen LogP contribution < -0.4 is 4.90 Å². The maximum Gasteiger partial charge on any atom is 0.337 e. The van der Waals surface area contributed by atoms with Gasteiger partial charge in [0.05, 0.1) is 30.5 Å². The van der Waals surface area contributed by atoms with Gasteiger partial charge in [-0.25, -0.2) is 9.18 Å². The van der Waals surface area contributed by atoms with E-state index in [4.69, 9.17) is 16.3 Å². The van der Waals surface area contributed by atoms with Crippen LogP contribution in [0.2, 0.25) is 5.02 Å². The number of carbonyl (C=O) groups excluding carboxylic acids is 2. The molecule has 0 saturated carbocycles. The Morgan fingerprint density at radius 2 is 1.56 bits per heavy atom. The third kappa shape index (κ3) is 4.41. The van der Waals surface area contributed by atoms with Crippen LogP contribution >= 0.6 is 11.6 Å². The molecule has 0 fully saturated rings. The van der Waals surface area contributed by atoms with Crippen LogP contribution in [-0.2, 0) is 16.1 Å². The number of hydrogen-bond acceptors (Lipinski definition) is 3. The number of rotatable bonds is 5. The van der Waals surface area contributed by atoms with Crippen molar-refractivity contribution in [2.45, 2.75) is 6.54 Å². The summed E-state index contributed by atoms with van der Waals surface area (Å²) in [6.45, 7) is 0.159. The maximum absolute atomic E-state index is 14.4. The van der Waals surface area contributed by atoms with E-state index in [-0.39, 0.29) is 12.5 Å². The second-order valence-corrected chi connectivity index (χ2v) is 8.80. The summed E-state index contributed by atoms with van der Waals surface area (Å²) >= 11 is 6.14. The van der Waals surface area contributed by atoms with Gasteiger partial charge in [-0.05, 0) is 59.2 Å². The van der Waals surface area contributed by atoms with E-state index in [1.807, 2.05) is 48.5 Å². The number of hydrogen-bond donors (Lipinski definition) is 0. The number of fused-ring (bicyclic) bond motifs is 1. The van der Waals surface area contributed by atoms with Crippen LogP contribution in [-0.4, -0.2) is 19.0 Å². The predicted molar refractivity (Wildman–Crippen MR) is 139 cm³/mol. The molecule has 0 saturated heterocycles. The molecule has 1 heterocycles. The molecule has 0 spiro atoms. The molecule has 0 radical (unpaired) electrons. The van der Waals surface area contributed by atoms with Crippen molar-refractivity contribution in [3.05, 3.63) is 136 Å². The summed E-state index contributed by atoms with van der Waals surface area (Å²) < 4.78 is 19.2. The van der Waals surface area contributed by atoms with Crippen molar-refractivity contribution in [3.63, 3.8) is 0 Å². The molecule has 0 aliphatic carbocycles. The van der Waals surface area contributed by atoms with Crippen molar-refractivity contribution >= 4 is 40.3 Å². The highest BCUT2D eigenvalue weighted by Gasteiger charge is 2.35. The largest absolute Gasteiger partial charge is 0.465 e. The molecule has 1 amide bonds. The molecular weight excluding hydrogens is 477 g/mol. The first kappa shape index (κ1) is 23.5. The first-order valence-corrected chi connectivity index (χ1v) is 11.7. The van der Waals surface area contributed by atoms with Crippen molar-refractivity contribution < 1.29 is 18.7 Å². The lowest BCUT2D eigenvalue weighted by molar-refractivity contribution is -0.113. The Hall–Kier alpha value is -4.22. The van der Waals surface area contributed by atoms with Crippen molar-refractivity contribution in [1.82, 2.24) is 0 Å². The Morgan fingerprint density at radius 1 is 0.861 bits per heavy atom. The van der Waals surface area contributed by atoms with Gasteiger partial charge in [0, 0.05) is 16.2 Å². The van der Waals surface area contributed by atoms with E-state index in [0.717, 1.165) is 22.3 Å². The maximum atomic E-state index is 14.4. The van der Waals surface area contributed by atoms with Crippen LogP contribution in [0.4, 0.5) is 10.1 Å². The zero-order valence-corrected chi connectivity index (χ0v) is 20.1. The highest BCUT2D eigenvalue weighted by atomic mass is 35.5. The molecule has 1 aliphatic heterocycles. The number of halogens is 2. The summed E-state index contributed by atoms with van der Waals surface area (Å²) in [6, 6.07) is 28.2. The number of methoxy groups -OCH3 is 1. The number of amides is 1. The van der Waals surface area contributed by atoms with Gasteiger partial charge in [0.2, 0.25) is 0 Å². The number of benzene rings is 4. The van der Waals surface area contributed by atoms with Crippen molar-refractivity contribution in [2.24, 2.45) is 0 Å². The number of nitrogens with zero attached hydrogens (tertiary/aromatic N) is 1. The first-order chi connectivity index (χ1) is 17.5. The average molecular weight is 498 g/mol. The van der Waals surface area contributed by atoms with E-state index in [2.05, 4.69) is 0 Å². The second kappa shape index (κ2) is 9.80. The van der Waals surface area contributed by atoms with E-state index in [1.165, 1.54) is 19.2 Å². The minimum Gasteiger partial charge on any atom is -0.465 e. The summed E-state index contributed by atoms with van der Waals surface area (Å²) in [4.78, 5) is 27.6. The third-order valence-corrected chi connectivity index (χ3v) is 6.37. The molecule has 6 heteroatoms. The lowest BCUT2D eigenvalue weighted by Crippen LogP contribution is -2.26. The van der Waals surface area contributed by atoms with Crippen LogP contribution in [0.15, 0.2) is 97.1 Å². The molecule has 0 bridgehead atoms. The highest BCUT2D eigenvalue weighted by Crippen LogP contribution is 2.44. The normalized spacial score (nSPS) is 14.0. The molecule has 4 aromatic rings. The summed E-state index contributed by atoms with van der Waals surface area (Å²) in [7, 11) is 1.32. The fourth-order valence-corrected chi connectivity index (χ4v) is 4.60. The molecule has 5 rings (SSSR count). The predicted octanol–water partition coefficient (Wildman–Crippen LogP) is 6.77. The summed E-state index contributed by atoms with van der Waals surface area (Å²) in [5, 5.41) is 0.587. The van der Waals surface area contributed by atoms with Gasteiger partial charge in [-0.3, -0.25) is 4.79 Å². The van der Waals surface area contributed by atoms with Gasteiger partial charge in [0.1, 0.15) is 5.82 Å². The second-order valence-electron chi connectivity index (χ2n) is 8.37. The average Bonchev–Trinajstić information content (AvgIpc) is 3.16. The highest BCUT2D eigenvalue weighted by molar-refractivity contribution is 6.39. The smallest absolute Gasteiger partial charge is 0.337 e. The van der Waals surface area contributed by atoms with Gasteiger partial charge in [-0.15, -0.1) is 0 Å². The summed E-state index contributed by atoms with van der Waals surface area (Å²) in [5.41, 5.74) is 5.09. The van der Waals surface area contributed by atoms with Gasteiger partial charge in [-0.2, -0.15) is 0 Å². The van der Waals surface area contributed by atoms with Gasteiger partial charge in [-0.1, -0.05) is 66.2 Å². The van der Waals surface area contributed by atoms with Crippen LogP contribution in [0.5, 0.6) is 0 Å². The molecule has 4 nitrogen and oxygen atoms in total.